The number of anilines is 1. The molecule has 0 aliphatic rings. The maximum atomic E-state index is 13.0. The molecule has 200 valence electrons. The van der Waals surface area contributed by atoms with E-state index in [0.717, 1.165) is 0 Å². The number of non-ortho nitro benzene ring substituents is 1. The van der Waals surface area contributed by atoms with Crippen LogP contribution < -0.4 is 15.4 Å². The third kappa shape index (κ3) is 6.97. The van der Waals surface area contributed by atoms with E-state index in [2.05, 4.69) is 27.4 Å². The van der Waals surface area contributed by atoms with E-state index in [-0.39, 0.29) is 29.2 Å². The van der Waals surface area contributed by atoms with Crippen molar-refractivity contribution in [2.24, 2.45) is 5.92 Å². The summed E-state index contributed by atoms with van der Waals surface area (Å²) >= 11 is 1.17. The topological polar surface area (TPSA) is 141 Å². The zero-order valence-corrected chi connectivity index (χ0v) is 22.4. The van der Waals surface area contributed by atoms with Gasteiger partial charge in [0.05, 0.1) is 29.5 Å². The largest absolute Gasteiger partial charge is 0.497 e. The second-order valence-corrected chi connectivity index (χ2v) is 9.70. The van der Waals surface area contributed by atoms with Crippen LogP contribution in [0.3, 0.4) is 0 Å². The molecule has 0 unspecified atom stereocenters. The molecule has 0 saturated carbocycles. The maximum Gasteiger partial charge on any atom is 0.271 e. The first-order chi connectivity index (χ1) is 18.1. The summed E-state index contributed by atoms with van der Waals surface area (Å²) in [5, 5.41) is 25.9. The Morgan fingerprint density at radius 1 is 1.21 bits per heavy atom. The molecule has 12 heteroatoms. The first kappa shape index (κ1) is 28.4. The van der Waals surface area contributed by atoms with Crippen LogP contribution in [-0.2, 0) is 11.3 Å². The zero-order valence-electron chi connectivity index (χ0n) is 21.6. The van der Waals surface area contributed by atoms with Crippen LogP contribution in [0, 0.1) is 23.0 Å². The van der Waals surface area contributed by atoms with Gasteiger partial charge in [-0.15, -0.1) is 16.8 Å². The molecule has 3 rings (SSSR count). The number of nitrogens with zero attached hydrogens (tertiary/aromatic N) is 4. The predicted octanol–water partition coefficient (Wildman–Crippen LogP) is 4.55. The van der Waals surface area contributed by atoms with Crippen molar-refractivity contribution in [3.05, 3.63) is 82.2 Å². The number of nitro groups is 1. The lowest BCUT2D eigenvalue weighted by Crippen LogP contribution is -2.33. The van der Waals surface area contributed by atoms with Gasteiger partial charge in [0.15, 0.2) is 11.0 Å². The number of nitro benzene ring substituents is 1. The van der Waals surface area contributed by atoms with Crippen LogP contribution in [0.4, 0.5) is 11.4 Å². The van der Waals surface area contributed by atoms with Gasteiger partial charge in [0.1, 0.15) is 5.75 Å². The number of rotatable bonds is 12. The second-order valence-electron chi connectivity index (χ2n) is 8.76. The molecule has 1 aromatic heterocycles. The third-order valence-corrected chi connectivity index (χ3v) is 6.65. The summed E-state index contributed by atoms with van der Waals surface area (Å²) in [6, 6.07) is 10.6. The quantitative estimate of drug-likeness (QED) is 0.148. The van der Waals surface area contributed by atoms with Crippen LogP contribution in [0.2, 0.25) is 0 Å². The Morgan fingerprint density at radius 3 is 2.53 bits per heavy atom. The minimum absolute atomic E-state index is 0.00195. The van der Waals surface area contributed by atoms with Gasteiger partial charge in [-0.25, -0.2) is 0 Å². The number of allylic oxidation sites excluding steroid dienone is 1. The zero-order chi connectivity index (χ0) is 27.8. The van der Waals surface area contributed by atoms with E-state index in [0.29, 0.717) is 40.1 Å². The molecule has 2 N–H and O–H groups in total. The van der Waals surface area contributed by atoms with E-state index in [9.17, 15) is 19.7 Å². The van der Waals surface area contributed by atoms with E-state index >= 15 is 0 Å². The highest BCUT2D eigenvalue weighted by atomic mass is 32.2. The van der Waals surface area contributed by atoms with Crippen molar-refractivity contribution < 1.29 is 19.2 Å². The van der Waals surface area contributed by atoms with Crippen molar-refractivity contribution >= 4 is 35.0 Å². The van der Waals surface area contributed by atoms with Crippen LogP contribution in [0.15, 0.2) is 60.3 Å². The van der Waals surface area contributed by atoms with Crippen molar-refractivity contribution in [3.8, 4) is 5.75 Å². The normalized spacial score (nSPS) is 11.6. The smallest absolute Gasteiger partial charge is 0.271 e. The molecule has 38 heavy (non-hydrogen) atoms. The van der Waals surface area contributed by atoms with E-state index in [1.807, 2.05) is 18.4 Å². The summed E-state index contributed by atoms with van der Waals surface area (Å²) in [6.07, 6.45) is 1.69. The van der Waals surface area contributed by atoms with E-state index in [1.165, 1.54) is 23.9 Å². The van der Waals surface area contributed by atoms with Crippen molar-refractivity contribution in [2.45, 2.75) is 38.5 Å². The predicted molar refractivity (Wildman–Crippen MR) is 145 cm³/mol. The van der Waals surface area contributed by atoms with Gasteiger partial charge < -0.3 is 19.9 Å². The molecule has 11 nitrogen and oxygen atoms in total. The Morgan fingerprint density at radius 2 is 1.92 bits per heavy atom. The molecule has 0 radical (unpaired) electrons. The van der Waals surface area contributed by atoms with E-state index < -0.39 is 11.0 Å². The van der Waals surface area contributed by atoms with Crippen LogP contribution in [0.25, 0.3) is 0 Å². The van der Waals surface area contributed by atoms with Gasteiger partial charge in [-0.2, -0.15) is 0 Å². The Hall–Kier alpha value is -4.19. The average molecular weight is 539 g/mol. The highest BCUT2D eigenvalue weighted by molar-refractivity contribution is 7.99. The number of amides is 2. The number of aromatic nitrogens is 3. The summed E-state index contributed by atoms with van der Waals surface area (Å²) in [5.41, 5.74) is 1.46. The first-order valence-electron chi connectivity index (χ1n) is 11.8. The van der Waals surface area contributed by atoms with Crippen LogP contribution in [0.5, 0.6) is 5.75 Å². The van der Waals surface area contributed by atoms with Crippen molar-refractivity contribution in [1.29, 1.82) is 0 Å². The van der Waals surface area contributed by atoms with Crippen LogP contribution >= 0.6 is 11.8 Å². The number of methoxy groups -OCH3 is 1. The SMILES string of the molecule is C=CCn1c(SCC(=O)Nc2cc([N+](=O)[O-])ccc2C)nnc1[C@@H](NC(=O)c1ccc(OC)cc1)C(C)C. The molecule has 3 aromatic rings. The second kappa shape index (κ2) is 12.9. The Bertz CT molecular complexity index is 1320. The molecule has 0 bridgehead atoms. The molecule has 0 aliphatic heterocycles. The number of ether oxygens (including phenoxy) is 1. The molecule has 1 heterocycles. The lowest BCUT2D eigenvalue weighted by Gasteiger charge is -2.22. The Balaban J connectivity index is 1.75. The Kier molecular flexibility index (Phi) is 9.61. The van der Waals surface area contributed by atoms with Crippen molar-refractivity contribution in [1.82, 2.24) is 20.1 Å². The number of thioether (sulfide) groups is 1. The fourth-order valence-electron chi connectivity index (χ4n) is 3.61. The number of aryl methyl sites for hydroxylation is 1. The summed E-state index contributed by atoms with van der Waals surface area (Å²) in [5.74, 6) is 0.574. The first-order valence-corrected chi connectivity index (χ1v) is 12.8. The molecular formula is C26H30N6O5S. The van der Waals surface area contributed by atoms with E-state index in [4.69, 9.17) is 4.74 Å². The summed E-state index contributed by atoms with van der Waals surface area (Å²) in [7, 11) is 1.56. The number of hydrogen-bond donors (Lipinski definition) is 2. The van der Waals surface area contributed by atoms with Crippen LogP contribution in [0.1, 0.15) is 41.6 Å². The highest BCUT2D eigenvalue weighted by Gasteiger charge is 2.26. The van der Waals surface area contributed by atoms with Gasteiger partial charge in [0.25, 0.3) is 11.6 Å². The molecule has 0 fully saturated rings. The summed E-state index contributed by atoms with van der Waals surface area (Å²) in [6.45, 7) is 9.87. The molecule has 2 amide bonds. The highest BCUT2D eigenvalue weighted by Crippen LogP contribution is 2.27. The molecule has 2 aromatic carbocycles. The van der Waals surface area contributed by atoms with Crippen LogP contribution in [-0.4, -0.2) is 44.4 Å². The number of carbonyl (C=O) groups is 2. The molecule has 0 aliphatic carbocycles. The third-order valence-electron chi connectivity index (χ3n) is 5.68. The minimum atomic E-state index is -0.512. The van der Waals surface area contributed by atoms with Gasteiger partial charge in [0.2, 0.25) is 5.91 Å². The monoisotopic (exact) mass is 538 g/mol. The summed E-state index contributed by atoms with van der Waals surface area (Å²) in [4.78, 5) is 36.2. The van der Waals surface area contributed by atoms with Gasteiger partial charge in [-0.1, -0.05) is 37.8 Å². The summed E-state index contributed by atoms with van der Waals surface area (Å²) < 4.78 is 6.96. The van der Waals surface area contributed by atoms with Gasteiger partial charge in [0, 0.05) is 24.2 Å². The number of benzene rings is 2. The molecule has 0 saturated heterocycles. The lowest BCUT2D eigenvalue weighted by atomic mass is 10.0. The van der Waals surface area contributed by atoms with Crippen molar-refractivity contribution in [3.63, 3.8) is 0 Å². The van der Waals surface area contributed by atoms with E-state index in [1.54, 1.807) is 50.4 Å². The maximum absolute atomic E-state index is 13.0. The standard InChI is InChI=1S/C26H30N6O5S/c1-6-13-31-24(23(16(2)3)28-25(34)18-8-11-20(37-5)12-9-18)29-30-26(31)38-15-22(33)27-21-14-19(32(35)36)10-7-17(21)4/h6-12,14,16,23H,1,13,15H2,2-5H3,(H,27,33)(H,28,34)/t23-/m0/s1. The fourth-order valence-corrected chi connectivity index (χ4v) is 4.36. The number of hydrogen-bond acceptors (Lipinski definition) is 8. The number of carbonyl (C=O) groups excluding carboxylic acids is 2. The number of nitrogens with one attached hydrogen (secondary N) is 2. The van der Waals surface area contributed by atoms with Crippen molar-refractivity contribution in [2.75, 3.05) is 18.2 Å². The average Bonchev–Trinajstić information content (AvgIpc) is 3.29. The molecular weight excluding hydrogens is 508 g/mol. The van der Waals surface area contributed by atoms with Gasteiger partial charge in [-0.05, 0) is 42.7 Å². The van der Waals surface area contributed by atoms with Gasteiger partial charge in [-0.3, -0.25) is 19.7 Å². The fraction of sp³-hybridized carbons (Fsp3) is 0.308. The Labute approximate surface area is 224 Å². The van der Waals surface area contributed by atoms with Gasteiger partial charge >= 0.3 is 0 Å². The molecule has 0 spiro atoms. The minimum Gasteiger partial charge on any atom is -0.497 e. The molecule has 1 atom stereocenters. The lowest BCUT2D eigenvalue weighted by molar-refractivity contribution is -0.384.